The van der Waals surface area contributed by atoms with Crippen LogP contribution >= 0.6 is 0 Å². The number of rotatable bonds is 12. The van der Waals surface area contributed by atoms with E-state index in [-0.39, 0.29) is 6.54 Å². The fourth-order valence-electron chi connectivity index (χ4n) is 4.65. The standard InChI is InChI=1S/C27H34N4O5/c1-4-18-13-20(12-17(2)25(18)35-11-7-10-28-16-24(32)33)26-30-27(36-31-26)21-14-22(19-8-5-6-9-19)29-23(15-21)34-3/h12-15,19,28H,4-11,16H2,1-3H3,(H,32,33). The van der Waals surface area contributed by atoms with Gasteiger partial charge in [-0.3, -0.25) is 4.79 Å². The molecule has 0 radical (unpaired) electrons. The van der Waals surface area contributed by atoms with E-state index in [4.69, 9.17) is 24.1 Å². The van der Waals surface area contributed by atoms with E-state index >= 15 is 0 Å². The molecule has 1 aliphatic carbocycles. The Morgan fingerprint density at radius 1 is 1.17 bits per heavy atom. The Morgan fingerprint density at radius 2 is 1.97 bits per heavy atom. The number of aryl methyl sites for hydroxylation is 2. The first-order valence-electron chi connectivity index (χ1n) is 12.6. The van der Waals surface area contributed by atoms with Crippen LogP contribution in [0.4, 0.5) is 0 Å². The van der Waals surface area contributed by atoms with E-state index in [0.717, 1.165) is 53.0 Å². The van der Waals surface area contributed by atoms with Crippen molar-refractivity contribution in [2.24, 2.45) is 0 Å². The van der Waals surface area contributed by atoms with Gasteiger partial charge in [-0.25, -0.2) is 4.98 Å². The minimum atomic E-state index is -0.863. The number of pyridine rings is 1. The van der Waals surface area contributed by atoms with Crippen LogP contribution in [0.3, 0.4) is 0 Å². The predicted octanol–water partition coefficient (Wildman–Crippen LogP) is 4.78. The monoisotopic (exact) mass is 494 g/mol. The fourth-order valence-corrected chi connectivity index (χ4v) is 4.65. The van der Waals surface area contributed by atoms with Crippen LogP contribution < -0.4 is 14.8 Å². The van der Waals surface area contributed by atoms with Crippen molar-refractivity contribution in [1.82, 2.24) is 20.4 Å². The average molecular weight is 495 g/mol. The van der Waals surface area contributed by atoms with Crippen molar-refractivity contribution in [2.75, 3.05) is 26.8 Å². The molecule has 0 amide bonds. The number of carboxylic acid groups (broad SMARTS) is 1. The maximum absolute atomic E-state index is 10.6. The van der Waals surface area contributed by atoms with Crippen LogP contribution in [-0.2, 0) is 11.2 Å². The molecule has 0 atom stereocenters. The van der Waals surface area contributed by atoms with Crippen LogP contribution in [0.15, 0.2) is 28.8 Å². The lowest BCUT2D eigenvalue weighted by molar-refractivity contribution is -0.135. The number of benzene rings is 1. The smallest absolute Gasteiger partial charge is 0.317 e. The van der Waals surface area contributed by atoms with Gasteiger partial charge in [0.15, 0.2) is 0 Å². The van der Waals surface area contributed by atoms with Crippen LogP contribution in [0, 0.1) is 6.92 Å². The highest BCUT2D eigenvalue weighted by Gasteiger charge is 2.22. The molecule has 192 valence electrons. The van der Waals surface area contributed by atoms with Crippen LogP contribution in [0.5, 0.6) is 11.6 Å². The zero-order chi connectivity index (χ0) is 25.5. The lowest BCUT2D eigenvalue weighted by Crippen LogP contribution is -2.24. The number of methoxy groups -OCH3 is 1. The van der Waals surface area contributed by atoms with Gasteiger partial charge in [0.2, 0.25) is 11.7 Å². The van der Waals surface area contributed by atoms with Crippen molar-refractivity contribution < 1.29 is 23.9 Å². The highest BCUT2D eigenvalue weighted by molar-refractivity contribution is 5.69. The number of nitrogens with one attached hydrogen (secondary N) is 1. The van der Waals surface area contributed by atoms with E-state index in [1.54, 1.807) is 7.11 Å². The van der Waals surface area contributed by atoms with E-state index in [1.165, 1.54) is 12.8 Å². The van der Waals surface area contributed by atoms with Gasteiger partial charge in [-0.2, -0.15) is 4.98 Å². The van der Waals surface area contributed by atoms with E-state index in [2.05, 4.69) is 22.4 Å². The summed E-state index contributed by atoms with van der Waals surface area (Å²) in [6.45, 7) is 5.12. The first-order chi connectivity index (χ1) is 17.5. The third-order valence-corrected chi connectivity index (χ3v) is 6.49. The van der Waals surface area contributed by atoms with E-state index in [0.29, 0.717) is 43.1 Å². The molecule has 0 spiro atoms. The van der Waals surface area contributed by atoms with E-state index in [9.17, 15) is 4.79 Å². The summed E-state index contributed by atoms with van der Waals surface area (Å²) in [4.78, 5) is 19.9. The largest absolute Gasteiger partial charge is 0.493 e. The first-order valence-corrected chi connectivity index (χ1v) is 12.6. The predicted molar refractivity (Wildman–Crippen MR) is 135 cm³/mol. The minimum absolute atomic E-state index is 0.0468. The number of nitrogens with zero attached hydrogens (tertiary/aromatic N) is 3. The summed E-state index contributed by atoms with van der Waals surface area (Å²) in [6.07, 6.45) is 6.23. The van der Waals surface area contributed by atoms with Crippen molar-refractivity contribution in [2.45, 2.75) is 58.3 Å². The molecule has 0 bridgehead atoms. The van der Waals surface area contributed by atoms with Gasteiger partial charge in [0.05, 0.1) is 20.3 Å². The second-order valence-corrected chi connectivity index (χ2v) is 9.14. The molecular weight excluding hydrogens is 460 g/mol. The van der Waals surface area contributed by atoms with Crippen LogP contribution in [0.2, 0.25) is 0 Å². The summed E-state index contributed by atoms with van der Waals surface area (Å²) in [5.74, 6) is 1.94. The zero-order valence-corrected chi connectivity index (χ0v) is 21.2. The molecule has 0 saturated heterocycles. The fraction of sp³-hybridized carbons (Fsp3) is 0.481. The van der Waals surface area contributed by atoms with Crippen LogP contribution in [-0.4, -0.2) is 53.0 Å². The van der Waals surface area contributed by atoms with Crippen LogP contribution in [0.25, 0.3) is 22.8 Å². The van der Waals surface area contributed by atoms with Crippen molar-refractivity contribution in [3.8, 4) is 34.5 Å². The highest BCUT2D eigenvalue weighted by atomic mass is 16.5. The molecule has 2 heterocycles. The molecule has 2 N–H and O–H groups in total. The molecule has 1 aromatic carbocycles. The maximum Gasteiger partial charge on any atom is 0.317 e. The van der Waals surface area contributed by atoms with Crippen LogP contribution in [0.1, 0.15) is 61.8 Å². The number of hydrogen-bond acceptors (Lipinski definition) is 8. The minimum Gasteiger partial charge on any atom is -0.493 e. The summed E-state index contributed by atoms with van der Waals surface area (Å²) in [5, 5.41) is 15.8. The van der Waals surface area contributed by atoms with Gasteiger partial charge in [-0.05, 0) is 68.5 Å². The summed E-state index contributed by atoms with van der Waals surface area (Å²) in [7, 11) is 1.62. The number of ether oxygens (including phenoxy) is 2. The van der Waals surface area contributed by atoms with Gasteiger partial charge in [0, 0.05) is 28.8 Å². The number of carboxylic acids is 1. The van der Waals surface area contributed by atoms with Gasteiger partial charge in [-0.15, -0.1) is 0 Å². The Hall–Kier alpha value is -3.46. The molecule has 3 aromatic rings. The molecular formula is C27H34N4O5. The summed E-state index contributed by atoms with van der Waals surface area (Å²) in [5.41, 5.74) is 4.75. The molecule has 9 heteroatoms. The molecule has 0 unspecified atom stereocenters. The topological polar surface area (TPSA) is 120 Å². The lowest BCUT2D eigenvalue weighted by Gasteiger charge is -2.15. The second kappa shape index (κ2) is 12.0. The number of hydrogen-bond donors (Lipinski definition) is 2. The normalized spacial score (nSPS) is 13.8. The number of aromatic nitrogens is 3. The van der Waals surface area contributed by atoms with Gasteiger partial charge in [0.25, 0.3) is 5.89 Å². The van der Waals surface area contributed by atoms with Crippen molar-refractivity contribution in [1.29, 1.82) is 0 Å². The molecule has 0 aliphatic heterocycles. The molecule has 1 aliphatic rings. The summed E-state index contributed by atoms with van der Waals surface area (Å²) >= 11 is 0. The molecule has 1 saturated carbocycles. The van der Waals surface area contributed by atoms with Gasteiger partial charge in [0.1, 0.15) is 5.75 Å². The Balaban J connectivity index is 1.51. The number of aliphatic carboxylic acids is 1. The van der Waals surface area contributed by atoms with Crippen molar-refractivity contribution >= 4 is 5.97 Å². The lowest BCUT2D eigenvalue weighted by atomic mass is 10.0. The molecule has 36 heavy (non-hydrogen) atoms. The van der Waals surface area contributed by atoms with Crippen molar-refractivity contribution in [3.63, 3.8) is 0 Å². The summed E-state index contributed by atoms with van der Waals surface area (Å²) in [6, 6.07) is 7.92. The van der Waals surface area contributed by atoms with E-state index < -0.39 is 5.97 Å². The molecule has 2 aromatic heterocycles. The second-order valence-electron chi connectivity index (χ2n) is 9.14. The Bertz CT molecular complexity index is 1190. The quantitative estimate of drug-likeness (QED) is 0.343. The Kier molecular flexibility index (Phi) is 8.53. The SMILES string of the molecule is CCc1cc(-c2noc(-c3cc(OC)nc(C4CCCC4)c3)n2)cc(C)c1OCCCNCC(=O)O. The van der Waals surface area contributed by atoms with E-state index in [1.807, 2.05) is 31.2 Å². The first kappa shape index (κ1) is 25.6. The number of carbonyl (C=O) groups is 1. The Labute approximate surface area is 211 Å². The average Bonchev–Trinajstić information content (AvgIpc) is 3.59. The van der Waals surface area contributed by atoms with Crippen molar-refractivity contribution in [3.05, 3.63) is 41.1 Å². The van der Waals surface area contributed by atoms with Gasteiger partial charge < -0.3 is 24.4 Å². The van der Waals surface area contributed by atoms with Gasteiger partial charge in [-0.1, -0.05) is 24.9 Å². The molecule has 9 nitrogen and oxygen atoms in total. The Morgan fingerprint density at radius 3 is 2.69 bits per heavy atom. The zero-order valence-electron chi connectivity index (χ0n) is 21.2. The third kappa shape index (κ3) is 6.20. The molecule has 4 rings (SSSR count). The molecule has 1 fully saturated rings. The summed E-state index contributed by atoms with van der Waals surface area (Å²) < 4.78 is 17.2. The highest BCUT2D eigenvalue weighted by Crippen LogP contribution is 2.36. The maximum atomic E-state index is 10.6. The third-order valence-electron chi connectivity index (χ3n) is 6.49. The van der Waals surface area contributed by atoms with Gasteiger partial charge >= 0.3 is 5.97 Å².